The average molecular weight is 319 g/mol. The molecule has 0 aliphatic carbocycles. The van der Waals surface area contributed by atoms with E-state index in [1.165, 1.54) is 6.07 Å². The molecule has 116 valence electrons. The summed E-state index contributed by atoms with van der Waals surface area (Å²) in [7, 11) is 0. The maximum absolute atomic E-state index is 13.5. The summed E-state index contributed by atoms with van der Waals surface area (Å²) < 4.78 is 77.6. The molecule has 2 aromatic carbocycles. The molecule has 0 spiro atoms. The van der Waals surface area contributed by atoms with Crippen molar-refractivity contribution in [2.24, 2.45) is 0 Å². The summed E-state index contributed by atoms with van der Waals surface area (Å²) >= 11 is 0. The summed E-state index contributed by atoms with van der Waals surface area (Å²) in [5.41, 5.74) is -2.67. The molecule has 22 heavy (non-hydrogen) atoms. The number of hydrogen-bond donors (Lipinski definition) is 1. The van der Waals surface area contributed by atoms with Crippen LogP contribution in [0.15, 0.2) is 36.4 Å². The largest absolute Gasteiger partial charge is 0.418 e. The highest BCUT2D eigenvalue weighted by atomic mass is 19.4. The Kier molecular flexibility index (Phi) is 4.11. The number of hydrogen-bond acceptors (Lipinski definition) is 1. The predicted molar refractivity (Wildman–Crippen MR) is 65.7 cm³/mol. The fraction of sp³-hybridized carbons (Fsp3) is 0.0714. The maximum Gasteiger partial charge on any atom is 0.418 e. The average Bonchev–Trinajstić information content (AvgIpc) is 2.44. The third-order valence-electron chi connectivity index (χ3n) is 2.76. The molecule has 0 unspecified atom stereocenters. The molecule has 2 aromatic rings. The molecular formula is C14H7F6NO. The number of carbonyl (C=O) groups is 1. The lowest BCUT2D eigenvalue weighted by atomic mass is 10.1. The van der Waals surface area contributed by atoms with Gasteiger partial charge in [-0.25, -0.2) is 13.2 Å². The zero-order valence-corrected chi connectivity index (χ0v) is 10.6. The number of rotatable bonds is 2. The van der Waals surface area contributed by atoms with E-state index in [2.05, 4.69) is 0 Å². The van der Waals surface area contributed by atoms with Crippen LogP contribution in [-0.4, -0.2) is 5.91 Å². The molecule has 0 saturated carbocycles. The molecule has 0 saturated heterocycles. The molecule has 0 atom stereocenters. The molecule has 8 heteroatoms. The summed E-state index contributed by atoms with van der Waals surface area (Å²) in [5, 5.41) is 1.83. The van der Waals surface area contributed by atoms with Gasteiger partial charge in [-0.05, 0) is 24.3 Å². The number of para-hydroxylation sites is 1. The number of benzene rings is 2. The molecule has 2 nitrogen and oxygen atoms in total. The lowest BCUT2D eigenvalue weighted by Crippen LogP contribution is -2.18. The highest BCUT2D eigenvalue weighted by molar-refractivity contribution is 6.04. The van der Waals surface area contributed by atoms with Gasteiger partial charge in [-0.3, -0.25) is 4.79 Å². The van der Waals surface area contributed by atoms with E-state index in [9.17, 15) is 31.1 Å². The van der Waals surface area contributed by atoms with Crippen LogP contribution in [0.3, 0.4) is 0 Å². The molecular weight excluding hydrogens is 312 g/mol. The van der Waals surface area contributed by atoms with Crippen LogP contribution in [0, 0.1) is 17.5 Å². The smallest absolute Gasteiger partial charge is 0.321 e. The van der Waals surface area contributed by atoms with Gasteiger partial charge in [0.2, 0.25) is 0 Å². The monoisotopic (exact) mass is 319 g/mol. The van der Waals surface area contributed by atoms with Crippen molar-refractivity contribution in [3.05, 3.63) is 65.0 Å². The van der Waals surface area contributed by atoms with Gasteiger partial charge in [0, 0.05) is 0 Å². The summed E-state index contributed by atoms with van der Waals surface area (Å²) in [5.74, 6) is -6.49. The van der Waals surface area contributed by atoms with E-state index in [1.807, 2.05) is 5.32 Å². The van der Waals surface area contributed by atoms with E-state index in [0.29, 0.717) is 12.1 Å². The zero-order chi connectivity index (χ0) is 16.5. The van der Waals surface area contributed by atoms with Crippen LogP contribution in [0.5, 0.6) is 0 Å². The minimum absolute atomic E-state index is 0.503. The Hall–Kier alpha value is -2.51. The normalized spacial score (nSPS) is 11.4. The Balaban J connectivity index is 2.37. The van der Waals surface area contributed by atoms with Crippen LogP contribution in [0.2, 0.25) is 0 Å². The number of alkyl halides is 3. The van der Waals surface area contributed by atoms with Crippen molar-refractivity contribution in [2.75, 3.05) is 5.32 Å². The van der Waals surface area contributed by atoms with Crippen molar-refractivity contribution in [3.8, 4) is 0 Å². The zero-order valence-electron chi connectivity index (χ0n) is 10.6. The van der Waals surface area contributed by atoms with Crippen molar-refractivity contribution in [2.45, 2.75) is 6.18 Å². The van der Waals surface area contributed by atoms with Crippen LogP contribution in [0.4, 0.5) is 32.0 Å². The molecule has 0 heterocycles. The minimum atomic E-state index is -4.74. The first-order valence-electron chi connectivity index (χ1n) is 5.83. The second-order valence-corrected chi connectivity index (χ2v) is 4.22. The Morgan fingerprint density at radius 2 is 1.55 bits per heavy atom. The molecule has 0 aromatic heterocycles. The van der Waals surface area contributed by atoms with Crippen molar-refractivity contribution >= 4 is 11.6 Å². The van der Waals surface area contributed by atoms with Gasteiger partial charge >= 0.3 is 6.18 Å². The predicted octanol–water partition coefficient (Wildman–Crippen LogP) is 4.38. The first kappa shape index (κ1) is 15.9. The van der Waals surface area contributed by atoms with E-state index in [4.69, 9.17) is 0 Å². The van der Waals surface area contributed by atoms with Gasteiger partial charge in [0.05, 0.1) is 16.8 Å². The van der Waals surface area contributed by atoms with E-state index in [-0.39, 0.29) is 0 Å². The van der Waals surface area contributed by atoms with Crippen LogP contribution < -0.4 is 5.32 Å². The van der Waals surface area contributed by atoms with Crippen molar-refractivity contribution in [1.82, 2.24) is 0 Å². The van der Waals surface area contributed by atoms with E-state index >= 15 is 0 Å². The summed E-state index contributed by atoms with van der Waals surface area (Å²) in [6.07, 6.45) is -4.74. The van der Waals surface area contributed by atoms with Gasteiger partial charge in [0.1, 0.15) is 0 Å². The number of carbonyl (C=O) groups excluding carboxylic acids is 1. The molecule has 0 bridgehead atoms. The maximum atomic E-state index is 13.5. The second kappa shape index (κ2) is 5.70. The Labute approximate surface area is 120 Å². The van der Waals surface area contributed by atoms with Gasteiger partial charge < -0.3 is 5.32 Å². The first-order chi connectivity index (χ1) is 10.2. The Bertz CT molecular complexity index is 726. The van der Waals surface area contributed by atoms with Crippen molar-refractivity contribution in [1.29, 1.82) is 0 Å². The van der Waals surface area contributed by atoms with Crippen molar-refractivity contribution < 1.29 is 31.1 Å². The molecule has 1 amide bonds. The number of nitrogens with one attached hydrogen (secondary N) is 1. The van der Waals surface area contributed by atoms with Crippen LogP contribution in [0.25, 0.3) is 0 Å². The fourth-order valence-electron chi connectivity index (χ4n) is 1.73. The molecule has 0 aliphatic heterocycles. The van der Waals surface area contributed by atoms with Gasteiger partial charge in [-0.15, -0.1) is 0 Å². The number of halogens is 6. The van der Waals surface area contributed by atoms with E-state index in [1.54, 1.807) is 0 Å². The molecule has 2 rings (SSSR count). The van der Waals surface area contributed by atoms with Crippen LogP contribution in [0.1, 0.15) is 15.9 Å². The summed E-state index contributed by atoms with van der Waals surface area (Å²) in [6.45, 7) is 0. The molecule has 0 fully saturated rings. The van der Waals surface area contributed by atoms with Crippen molar-refractivity contribution in [3.63, 3.8) is 0 Å². The van der Waals surface area contributed by atoms with Crippen LogP contribution in [-0.2, 0) is 6.18 Å². The minimum Gasteiger partial charge on any atom is -0.321 e. The van der Waals surface area contributed by atoms with Gasteiger partial charge in [0.25, 0.3) is 5.91 Å². The lowest BCUT2D eigenvalue weighted by Gasteiger charge is -2.13. The Morgan fingerprint density at radius 3 is 2.18 bits per heavy atom. The van der Waals surface area contributed by atoms with Gasteiger partial charge in [0.15, 0.2) is 17.5 Å². The topological polar surface area (TPSA) is 29.1 Å². The number of anilines is 1. The highest BCUT2D eigenvalue weighted by Crippen LogP contribution is 2.34. The van der Waals surface area contributed by atoms with Gasteiger partial charge in [-0.1, -0.05) is 12.1 Å². The van der Waals surface area contributed by atoms with E-state index in [0.717, 1.165) is 18.2 Å². The first-order valence-corrected chi connectivity index (χ1v) is 5.83. The summed E-state index contributed by atoms with van der Waals surface area (Å²) in [6, 6.07) is 5.15. The van der Waals surface area contributed by atoms with Gasteiger partial charge in [-0.2, -0.15) is 13.2 Å². The van der Waals surface area contributed by atoms with Crippen LogP contribution >= 0.6 is 0 Å². The Morgan fingerprint density at radius 1 is 0.909 bits per heavy atom. The SMILES string of the molecule is O=C(Nc1ccccc1C(F)(F)F)c1ccc(F)c(F)c1F. The second-order valence-electron chi connectivity index (χ2n) is 4.22. The lowest BCUT2D eigenvalue weighted by molar-refractivity contribution is -0.136. The molecule has 0 aliphatic rings. The summed E-state index contributed by atoms with van der Waals surface area (Å²) in [4.78, 5) is 11.8. The third-order valence-corrected chi connectivity index (χ3v) is 2.76. The standard InChI is InChI=1S/C14H7F6NO/c15-9-6-5-7(11(16)12(9)17)13(22)21-10-4-2-1-3-8(10)14(18,19)20/h1-6H,(H,21,22). The molecule has 0 radical (unpaired) electrons. The highest BCUT2D eigenvalue weighted by Gasteiger charge is 2.33. The number of amides is 1. The fourth-order valence-corrected chi connectivity index (χ4v) is 1.73. The molecule has 1 N–H and O–H groups in total. The third kappa shape index (κ3) is 3.05. The quantitative estimate of drug-likeness (QED) is 0.646. The van der Waals surface area contributed by atoms with E-state index < -0.39 is 46.3 Å².